The monoisotopic (exact) mass is 494 g/mol. The molecule has 10 heteroatoms. The molecule has 5 aliphatic rings. The lowest BCUT2D eigenvalue weighted by Gasteiger charge is -2.68. The van der Waals surface area contributed by atoms with E-state index >= 15 is 0 Å². The van der Waals surface area contributed by atoms with Gasteiger partial charge >= 0.3 is 11.9 Å². The Labute approximate surface area is 203 Å². The zero-order chi connectivity index (χ0) is 25.9. The lowest BCUT2D eigenvalue weighted by atomic mass is 9.38. The van der Waals surface area contributed by atoms with Crippen LogP contribution in [0.4, 0.5) is 0 Å². The summed E-state index contributed by atoms with van der Waals surface area (Å²) in [5.74, 6) is -7.47. The predicted octanol–water partition coefficient (Wildman–Crippen LogP) is -0.151. The lowest BCUT2D eigenvalue weighted by molar-refractivity contribution is -0.340. The van der Waals surface area contributed by atoms with Crippen molar-refractivity contribution in [3.8, 4) is 0 Å². The number of aliphatic hydroxyl groups excluding tert-OH is 2. The highest BCUT2D eigenvalue weighted by Crippen LogP contribution is 2.73. The largest absolute Gasteiger partial charge is 0.459 e. The third-order valence-electron chi connectivity index (χ3n) is 9.99. The van der Waals surface area contributed by atoms with Crippen molar-refractivity contribution in [2.24, 2.45) is 34.5 Å². The van der Waals surface area contributed by atoms with Crippen LogP contribution in [0.3, 0.4) is 0 Å². The molecular weight excluding hydrogens is 460 g/mol. The van der Waals surface area contributed by atoms with E-state index in [1.54, 1.807) is 27.7 Å². The van der Waals surface area contributed by atoms with Crippen molar-refractivity contribution in [1.29, 1.82) is 0 Å². The van der Waals surface area contributed by atoms with Crippen molar-refractivity contribution in [1.82, 2.24) is 0 Å². The zero-order valence-electron chi connectivity index (χ0n) is 20.6. The van der Waals surface area contributed by atoms with Gasteiger partial charge in [0.15, 0.2) is 17.2 Å². The minimum absolute atomic E-state index is 0.0510. The topological polar surface area (TPSA) is 160 Å². The van der Waals surface area contributed by atoms with Crippen LogP contribution < -0.4 is 0 Å². The van der Waals surface area contributed by atoms with Gasteiger partial charge in [-0.2, -0.15) is 0 Å². The van der Waals surface area contributed by atoms with Crippen molar-refractivity contribution in [2.45, 2.75) is 83.3 Å². The Morgan fingerprint density at radius 1 is 1.31 bits per heavy atom. The zero-order valence-corrected chi connectivity index (χ0v) is 20.6. The number of fused-ring (bicyclic) bond motifs is 1. The van der Waals surface area contributed by atoms with E-state index in [9.17, 15) is 34.8 Å². The third kappa shape index (κ3) is 2.80. The van der Waals surface area contributed by atoms with Crippen LogP contribution in [0.15, 0.2) is 11.6 Å². The van der Waals surface area contributed by atoms with Crippen LogP contribution in [0.5, 0.6) is 0 Å². The van der Waals surface area contributed by atoms with E-state index < -0.39 is 88.0 Å². The molecule has 2 heterocycles. The van der Waals surface area contributed by atoms with Crippen LogP contribution in [0, 0.1) is 34.5 Å². The van der Waals surface area contributed by atoms with Crippen LogP contribution in [0.2, 0.25) is 0 Å². The summed E-state index contributed by atoms with van der Waals surface area (Å²) in [6.45, 7) is 7.88. The second-order valence-corrected chi connectivity index (χ2v) is 11.6. The average molecular weight is 495 g/mol. The summed E-state index contributed by atoms with van der Waals surface area (Å²) in [5.41, 5.74) is -3.54. The molecule has 1 spiro atoms. The van der Waals surface area contributed by atoms with Crippen LogP contribution in [0.1, 0.15) is 47.5 Å². The Morgan fingerprint density at radius 3 is 2.60 bits per heavy atom. The van der Waals surface area contributed by atoms with Crippen molar-refractivity contribution >= 4 is 17.7 Å². The van der Waals surface area contributed by atoms with E-state index in [1.807, 2.05) is 0 Å². The van der Waals surface area contributed by atoms with Crippen LogP contribution in [0.25, 0.3) is 0 Å². The molecule has 2 aliphatic heterocycles. The van der Waals surface area contributed by atoms with E-state index in [2.05, 4.69) is 0 Å². The molecule has 0 radical (unpaired) electrons. The van der Waals surface area contributed by atoms with Crippen molar-refractivity contribution < 1.29 is 49.0 Å². The average Bonchev–Trinajstić information content (AvgIpc) is 3.08. The first-order valence-corrected chi connectivity index (χ1v) is 12.3. The second kappa shape index (κ2) is 7.35. The molecule has 2 bridgehead atoms. The summed E-state index contributed by atoms with van der Waals surface area (Å²) in [7, 11) is 0. The Morgan fingerprint density at radius 2 is 1.97 bits per heavy atom. The fraction of sp³-hybridized carbons (Fsp3) is 0.800. The molecule has 0 aromatic carbocycles. The molecule has 2 saturated heterocycles. The number of hydrogen-bond acceptors (Lipinski definition) is 10. The molecule has 12 atom stereocenters. The van der Waals surface area contributed by atoms with Gasteiger partial charge in [-0.05, 0) is 44.6 Å². The molecule has 0 aromatic rings. The van der Waals surface area contributed by atoms with Crippen LogP contribution in [-0.2, 0) is 28.6 Å². The summed E-state index contributed by atoms with van der Waals surface area (Å²) in [5, 5.41) is 44.8. The number of rotatable bonds is 3. The molecule has 5 rings (SSSR count). The number of carbonyl (C=O) groups excluding carboxylic acids is 3. The number of ketones is 1. The predicted molar refractivity (Wildman–Crippen MR) is 117 cm³/mol. The lowest BCUT2D eigenvalue weighted by Crippen LogP contribution is -2.78. The molecule has 0 aromatic heterocycles. The van der Waals surface area contributed by atoms with E-state index in [4.69, 9.17) is 14.2 Å². The van der Waals surface area contributed by atoms with Crippen LogP contribution in [-0.4, -0.2) is 80.6 Å². The van der Waals surface area contributed by atoms with Gasteiger partial charge in [0.1, 0.15) is 18.3 Å². The number of esters is 2. The first-order chi connectivity index (χ1) is 16.2. The minimum atomic E-state index is -2.12. The molecule has 10 nitrogen and oxygen atoms in total. The first-order valence-electron chi connectivity index (χ1n) is 12.3. The molecule has 3 aliphatic carbocycles. The standard InChI is InChI=1S/C25H34O10/c1-6-22(4,31)21(30)35-16-15-11(3)17(27)25(32)20-23(5)12(10(2)7-13(26)18(23)28)8-14(34-19(16)29)24(15,20)9-33-25/h7,11-12,14-18,20,27-28,31-32H,6,8-9H2,1-5H3/t11-,12+,14-,15-,16-,17-,18-,20-,22?,23-,24+,25-/m1/s1. The summed E-state index contributed by atoms with van der Waals surface area (Å²) >= 11 is 0. The molecule has 1 unspecified atom stereocenters. The maximum absolute atomic E-state index is 13.3. The number of carbonyl (C=O) groups is 3. The normalized spacial score (nSPS) is 52.0. The Hall–Kier alpha value is -1.85. The molecule has 35 heavy (non-hydrogen) atoms. The van der Waals surface area contributed by atoms with Gasteiger partial charge in [0.25, 0.3) is 0 Å². The summed E-state index contributed by atoms with van der Waals surface area (Å²) < 4.78 is 17.4. The van der Waals surface area contributed by atoms with Gasteiger partial charge in [0, 0.05) is 22.7 Å². The first kappa shape index (κ1) is 24.8. The summed E-state index contributed by atoms with van der Waals surface area (Å²) in [6, 6.07) is 0. The summed E-state index contributed by atoms with van der Waals surface area (Å²) in [6.07, 6.45) is -3.51. The fourth-order valence-electron chi connectivity index (χ4n) is 8.12. The highest BCUT2D eigenvalue weighted by atomic mass is 16.7. The van der Waals surface area contributed by atoms with Gasteiger partial charge in [-0.15, -0.1) is 0 Å². The van der Waals surface area contributed by atoms with Crippen molar-refractivity contribution in [3.05, 3.63) is 11.6 Å². The highest BCUT2D eigenvalue weighted by molar-refractivity contribution is 5.96. The van der Waals surface area contributed by atoms with Crippen molar-refractivity contribution in [3.63, 3.8) is 0 Å². The number of ether oxygens (including phenoxy) is 3. The smallest absolute Gasteiger partial charge is 0.348 e. The molecular formula is C25H34O10. The van der Waals surface area contributed by atoms with Gasteiger partial charge < -0.3 is 34.6 Å². The quantitative estimate of drug-likeness (QED) is 0.389. The van der Waals surface area contributed by atoms with Gasteiger partial charge in [0.2, 0.25) is 6.10 Å². The Kier molecular flexibility index (Phi) is 5.21. The Balaban J connectivity index is 1.69. The maximum atomic E-state index is 13.3. The number of aliphatic hydroxyl groups is 4. The van der Waals surface area contributed by atoms with Gasteiger partial charge in [-0.1, -0.05) is 26.3 Å². The number of hydrogen-bond donors (Lipinski definition) is 4. The molecule has 2 saturated carbocycles. The Bertz CT molecular complexity index is 1020. The summed E-state index contributed by atoms with van der Waals surface area (Å²) in [4.78, 5) is 38.8. The van der Waals surface area contributed by atoms with Crippen molar-refractivity contribution in [2.75, 3.05) is 6.61 Å². The highest BCUT2D eigenvalue weighted by Gasteiger charge is 2.83. The second-order valence-electron chi connectivity index (χ2n) is 11.6. The molecule has 4 fully saturated rings. The van der Waals surface area contributed by atoms with Gasteiger partial charge in [-0.3, -0.25) is 4.79 Å². The molecule has 194 valence electrons. The van der Waals surface area contributed by atoms with Gasteiger partial charge in [0.05, 0.1) is 6.61 Å². The van der Waals surface area contributed by atoms with Gasteiger partial charge in [-0.25, -0.2) is 9.59 Å². The molecule has 0 amide bonds. The fourth-order valence-corrected chi connectivity index (χ4v) is 8.12. The van der Waals surface area contributed by atoms with E-state index in [1.165, 1.54) is 13.0 Å². The van der Waals surface area contributed by atoms with Crippen LogP contribution >= 0.6 is 0 Å². The SMILES string of the molecule is CCC(C)(O)C(=O)O[C@H]1C(=O)O[C@@H]2C[C@H]3C(C)=CC(=O)[C@@H](O)[C@]3(C)[C@H]3[C@]4(O)OC[C@]32[C@@H]1[C@@H](C)[C@H]4O. The minimum Gasteiger partial charge on any atom is -0.459 e. The van der Waals surface area contributed by atoms with E-state index in [0.717, 1.165) is 0 Å². The van der Waals surface area contributed by atoms with E-state index in [0.29, 0.717) is 5.57 Å². The molecule has 4 N–H and O–H groups in total. The third-order valence-corrected chi connectivity index (χ3v) is 9.99. The number of allylic oxidation sites excluding steroid dienone is 1. The van der Waals surface area contributed by atoms with E-state index in [-0.39, 0.29) is 19.4 Å². The maximum Gasteiger partial charge on any atom is 0.348 e.